The zero-order valence-corrected chi connectivity index (χ0v) is 14.6. The maximum Gasteiger partial charge on any atom is 0.249 e. The first-order valence-corrected chi connectivity index (χ1v) is 8.03. The molecule has 3 aromatic rings. The van der Waals surface area contributed by atoms with Crippen molar-refractivity contribution in [2.75, 3.05) is 10.6 Å². The molecule has 23 heavy (non-hydrogen) atoms. The smallest absolute Gasteiger partial charge is 0.249 e. The maximum atomic E-state index is 5.87. The van der Waals surface area contributed by atoms with E-state index in [1.165, 1.54) is 0 Å². The van der Waals surface area contributed by atoms with E-state index in [4.69, 9.17) is 11.6 Å². The highest BCUT2D eigenvalue weighted by Crippen LogP contribution is 2.23. The Morgan fingerprint density at radius 3 is 2.48 bits per heavy atom. The molecular weight excluding hydrogens is 378 g/mol. The molecule has 5 nitrogen and oxygen atoms in total. The summed E-state index contributed by atoms with van der Waals surface area (Å²) in [5.74, 6) is 1.01. The fourth-order valence-electron chi connectivity index (χ4n) is 1.90. The third-order valence-corrected chi connectivity index (χ3v) is 4.21. The van der Waals surface area contributed by atoms with Crippen LogP contribution in [0.3, 0.4) is 0 Å². The Balaban J connectivity index is 1.76. The molecule has 0 aliphatic heterocycles. The van der Waals surface area contributed by atoms with Gasteiger partial charge in [0.05, 0.1) is 6.20 Å². The summed E-state index contributed by atoms with van der Waals surface area (Å²) in [5, 5.41) is 14.9. The average Bonchev–Trinajstić information content (AvgIpc) is 2.54. The third-order valence-electron chi connectivity index (χ3n) is 3.10. The second-order valence-corrected chi connectivity index (χ2v) is 6.18. The summed E-state index contributed by atoms with van der Waals surface area (Å²) in [5.41, 5.74) is 2.92. The van der Waals surface area contributed by atoms with Crippen molar-refractivity contribution in [2.45, 2.75) is 6.92 Å². The molecule has 3 rings (SSSR count). The third kappa shape index (κ3) is 4.18. The normalized spacial score (nSPS) is 10.4. The van der Waals surface area contributed by atoms with Crippen molar-refractivity contribution in [3.63, 3.8) is 0 Å². The molecule has 0 saturated carbocycles. The lowest BCUT2D eigenvalue weighted by atomic mass is 10.2. The van der Waals surface area contributed by atoms with Gasteiger partial charge in [-0.1, -0.05) is 33.6 Å². The van der Waals surface area contributed by atoms with Crippen LogP contribution in [0.1, 0.15) is 5.56 Å². The summed E-state index contributed by atoms with van der Waals surface area (Å²) < 4.78 is 1.02. The first-order valence-electron chi connectivity index (χ1n) is 6.86. The fraction of sp³-hybridized carbons (Fsp3) is 0.0625. The quantitative estimate of drug-likeness (QED) is 0.650. The van der Waals surface area contributed by atoms with Gasteiger partial charge in [-0.05, 0) is 48.9 Å². The van der Waals surface area contributed by atoms with E-state index in [9.17, 15) is 0 Å². The van der Waals surface area contributed by atoms with E-state index in [-0.39, 0.29) is 0 Å². The number of aromatic nitrogens is 3. The van der Waals surface area contributed by atoms with E-state index in [2.05, 4.69) is 41.7 Å². The lowest BCUT2D eigenvalue weighted by molar-refractivity contribution is 0.982. The van der Waals surface area contributed by atoms with Crippen LogP contribution in [-0.4, -0.2) is 15.2 Å². The molecule has 1 aromatic heterocycles. The van der Waals surface area contributed by atoms with Gasteiger partial charge in [0, 0.05) is 20.9 Å². The van der Waals surface area contributed by atoms with Crippen molar-refractivity contribution < 1.29 is 0 Å². The average molecular weight is 391 g/mol. The summed E-state index contributed by atoms with van der Waals surface area (Å²) in [7, 11) is 0. The Morgan fingerprint density at radius 2 is 1.74 bits per heavy atom. The van der Waals surface area contributed by atoms with Crippen LogP contribution in [0, 0.1) is 6.92 Å². The van der Waals surface area contributed by atoms with Gasteiger partial charge < -0.3 is 10.6 Å². The molecule has 0 aliphatic carbocycles. The second-order valence-electron chi connectivity index (χ2n) is 4.89. The van der Waals surface area contributed by atoms with Crippen LogP contribution in [0.15, 0.2) is 53.1 Å². The van der Waals surface area contributed by atoms with Crippen molar-refractivity contribution >= 4 is 50.7 Å². The van der Waals surface area contributed by atoms with Crippen molar-refractivity contribution in [3.8, 4) is 0 Å². The van der Waals surface area contributed by atoms with Crippen LogP contribution < -0.4 is 10.6 Å². The molecule has 0 bridgehead atoms. The van der Waals surface area contributed by atoms with E-state index >= 15 is 0 Å². The number of anilines is 4. The van der Waals surface area contributed by atoms with E-state index in [1.54, 1.807) is 6.20 Å². The Bertz CT molecular complexity index is 823. The monoisotopic (exact) mass is 389 g/mol. The molecule has 116 valence electrons. The zero-order valence-electron chi connectivity index (χ0n) is 12.2. The summed E-state index contributed by atoms with van der Waals surface area (Å²) in [6, 6.07) is 13.3. The van der Waals surface area contributed by atoms with Crippen molar-refractivity contribution in [1.29, 1.82) is 0 Å². The number of rotatable bonds is 4. The molecule has 7 heteroatoms. The summed E-state index contributed by atoms with van der Waals surface area (Å²) >= 11 is 9.38. The molecular formula is C16H13BrClN5. The van der Waals surface area contributed by atoms with Crippen LogP contribution in [-0.2, 0) is 0 Å². The highest BCUT2D eigenvalue weighted by Gasteiger charge is 2.03. The predicted molar refractivity (Wildman–Crippen MR) is 96.7 cm³/mol. The van der Waals surface area contributed by atoms with Crippen LogP contribution >= 0.6 is 27.5 Å². The standard InChI is InChI=1S/C16H13BrClN5/c1-10-2-5-13(8-14(10)17)21-16-22-15(9-19-23-16)20-12-6-3-11(18)4-7-12/h2-9H,1H3,(H2,20,21,22,23). The van der Waals surface area contributed by atoms with Gasteiger partial charge in [-0.25, -0.2) is 0 Å². The van der Waals surface area contributed by atoms with Gasteiger partial charge in [0.2, 0.25) is 5.95 Å². The van der Waals surface area contributed by atoms with Gasteiger partial charge in [0.1, 0.15) is 0 Å². The summed E-state index contributed by atoms with van der Waals surface area (Å²) in [4.78, 5) is 4.39. The van der Waals surface area contributed by atoms with Gasteiger partial charge >= 0.3 is 0 Å². The summed E-state index contributed by atoms with van der Waals surface area (Å²) in [6.07, 6.45) is 1.56. The van der Waals surface area contributed by atoms with Crippen molar-refractivity contribution in [3.05, 3.63) is 63.7 Å². The zero-order chi connectivity index (χ0) is 16.2. The number of halogens is 2. The van der Waals surface area contributed by atoms with Gasteiger partial charge in [0.25, 0.3) is 0 Å². The minimum absolute atomic E-state index is 0.416. The minimum atomic E-state index is 0.416. The molecule has 0 fully saturated rings. The molecule has 0 saturated heterocycles. The molecule has 2 N–H and O–H groups in total. The van der Waals surface area contributed by atoms with Crippen LogP contribution in [0.25, 0.3) is 0 Å². The molecule has 0 atom stereocenters. The molecule has 0 spiro atoms. The Hall–Kier alpha value is -2.18. The fourth-order valence-corrected chi connectivity index (χ4v) is 2.40. The highest BCUT2D eigenvalue weighted by molar-refractivity contribution is 9.10. The molecule has 0 unspecified atom stereocenters. The van der Waals surface area contributed by atoms with Crippen LogP contribution in [0.5, 0.6) is 0 Å². The second kappa shape index (κ2) is 6.93. The first-order chi connectivity index (χ1) is 11.1. The van der Waals surface area contributed by atoms with Crippen LogP contribution in [0.2, 0.25) is 5.02 Å². The van der Waals surface area contributed by atoms with E-state index in [0.29, 0.717) is 16.8 Å². The van der Waals surface area contributed by atoms with Gasteiger partial charge in [-0.2, -0.15) is 10.1 Å². The lowest BCUT2D eigenvalue weighted by Gasteiger charge is -2.08. The number of nitrogens with one attached hydrogen (secondary N) is 2. The van der Waals surface area contributed by atoms with E-state index in [0.717, 1.165) is 21.4 Å². The number of benzene rings is 2. The lowest BCUT2D eigenvalue weighted by Crippen LogP contribution is -2.02. The molecule has 2 aromatic carbocycles. The molecule has 0 radical (unpaired) electrons. The van der Waals surface area contributed by atoms with E-state index < -0.39 is 0 Å². The van der Waals surface area contributed by atoms with E-state index in [1.807, 2.05) is 49.4 Å². The van der Waals surface area contributed by atoms with Crippen molar-refractivity contribution in [2.24, 2.45) is 0 Å². The highest BCUT2D eigenvalue weighted by atomic mass is 79.9. The predicted octanol–water partition coefficient (Wildman–Crippen LogP) is 5.08. The SMILES string of the molecule is Cc1ccc(Nc2nncc(Nc3ccc(Cl)cc3)n2)cc1Br. The number of nitrogens with zero attached hydrogens (tertiary/aromatic N) is 3. The number of hydrogen-bond acceptors (Lipinski definition) is 5. The molecule has 1 heterocycles. The Morgan fingerprint density at radius 1 is 1.00 bits per heavy atom. The summed E-state index contributed by atoms with van der Waals surface area (Å²) in [6.45, 7) is 2.03. The molecule has 0 amide bonds. The Labute approximate surface area is 147 Å². The topological polar surface area (TPSA) is 62.7 Å². The van der Waals surface area contributed by atoms with Crippen LogP contribution in [0.4, 0.5) is 23.1 Å². The largest absolute Gasteiger partial charge is 0.339 e. The van der Waals surface area contributed by atoms with Gasteiger partial charge in [-0.15, -0.1) is 5.10 Å². The van der Waals surface area contributed by atoms with Crippen molar-refractivity contribution in [1.82, 2.24) is 15.2 Å². The molecule has 0 aliphatic rings. The van der Waals surface area contributed by atoms with Gasteiger partial charge in [0.15, 0.2) is 5.82 Å². The first kappa shape index (κ1) is 15.7. The number of aryl methyl sites for hydroxylation is 1. The minimum Gasteiger partial charge on any atom is -0.339 e. The Kier molecular flexibility index (Phi) is 4.73. The maximum absolute atomic E-state index is 5.87. The van der Waals surface area contributed by atoms with Gasteiger partial charge in [-0.3, -0.25) is 0 Å². The number of hydrogen-bond donors (Lipinski definition) is 2.